The first kappa shape index (κ1) is 17.4. The van der Waals surface area contributed by atoms with E-state index < -0.39 is 5.97 Å². The number of nitrogens with zero attached hydrogens (tertiary/aromatic N) is 2. The summed E-state index contributed by atoms with van der Waals surface area (Å²) in [6.45, 7) is 3.27. The van der Waals surface area contributed by atoms with E-state index in [2.05, 4.69) is 4.98 Å². The molecule has 0 aliphatic carbocycles. The second kappa shape index (κ2) is 7.57. The highest BCUT2D eigenvalue weighted by Gasteiger charge is 2.21. The number of aromatic nitrogens is 1. The molecule has 0 bridgehead atoms. The van der Waals surface area contributed by atoms with Crippen LogP contribution in [0.25, 0.3) is 10.6 Å². The smallest absolute Gasteiger partial charge is 0.323 e. The van der Waals surface area contributed by atoms with Gasteiger partial charge in [-0.05, 0) is 19.9 Å². The minimum atomic E-state index is -1.03. The lowest BCUT2D eigenvalue weighted by Gasteiger charge is -2.24. The van der Waals surface area contributed by atoms with Gasteiger partial charge in [0.05, 0.1) is 17.1 Å². The van der Waals surface area contributed by atoms with E-state index in [1.54, 1.807) is 25.3 Å². The van der Waals surface area contributed by atoms with Gasteiger partial charge in [-0.3, -0.25) is 9.59 Å². The normalized spacial score (nSPS) is 10.8. The van der Waals surface area contributed by atoms with E-state index in [-0.39, 0.29) is 24.9 Å². The Kier molecular flexibility index (Phi) is 5.74. The number of carboxylic acids is 1. The van der Waals surface area contributed by atoms with Crippen LogP contribution in [0, 0.1) is 0 Å². The molecule has 1 aromatic heterocycles. The maximum Gasteiger partial charge on any atom is 0.323 e. The number of thiazole rings is 1. The third kappa shape index (κ3) is 4.53. The van der Waals surface area contributed by atoms with E-state index >= 15 is 0 Å². The van der Waals surface area contributed by atoms with Gasteiger partial charge in [0.1, 0.15) is 11.6 Å². The SMILES string of the molecule is CC(C)N(CC(=O)O)C(=O)Cc1csc(-c2ccccc2Cl)n1. The van der Waals surface area contributed by atoms with Gasteiger partial charge in [-0.2, -0.15) is 0 Å². The number of halogens is 1. The van der Waals surface area contributed by atoms with E-state index in [4.69, 9.17) is 16.7 Å². The summed E-state index contributed by atoms with van der Waals surface area (Å²) < 4.78 is 0. The van der Waals surface area contributed by atoms with E-state index in [9.17, 15) is 9.59 Å². The Morgan fingerprint density at radius 1 is 1.35 bits per heavy atom. The Balaban J connectivity index is 2.13. The fourth-order valence-electron chi connectivity index (χ4n) is 2.11. The van der Waals surface area contributed by atoms with Crippen molar-refractivity contribution in [1.29, 1.82) is 0 Å². The molecule has 23 heavy (non-hydrogen) atoms. The summed E-state index contributed by atoms with van der Waals surface area (Å²) in [7, 11) is 0. The minimum absolute atomic E-state index is 0.0758. The molecule has 7 heteroatoms. The fraction of sp³-hybridized carbons (Fsp3) is 0.312. The molecule has 0 saturated carbocycles. The van der Waals surface area contributed by atoms with Crippen molar-refractivity contribution in [3.63, 3.8) is 0 Å². The van der Waals surface area contributed by atoms with Gasteiger partial charge in [0.15, 0.2) is 0 Å². The Hall–Kier alpha value is -1.92. The van der Waals surface area contributed by atoms with Crippen LogP contribution >= 0.6 is 22.9 Å². The predicted molar refractivity (Wildman–Crippen MR) is 90.7 cm³/mol. The molecule has 0 fully saturated rings. The van der Waals surface area contributed by atoms with Crippen LogP contribution in [0.15, 0.2) is 29.6 Å². The third-order valence-corrected chi connectivity index (χ3v) is 4.49. The van der Waals surface area contributed by atoms with Gasteiger partial charge in [-0.25, -0.2) is 4.98 Å². The number of hydrogen-bond acceptors (Lipinski definition) is 4. The molecule has 1 amide bonds. The lowest BCUT2D eigenvalue weighted by Crippen LogP contribution is -2.41. The van der Waals surface area contributed by atoms with E-state index in [0.29, 0.717) is 10.7 Å². The van der Waals surface area contributed by atoms with E-state index in [1.165, 1.54) is 16.2 Å². The van der Waals surface area contributed by atoms with Crippen molar-refractivity contribution in [3.05, 3.63) is 40.4 Å². The van der Waals surface area contributed by atoms with Crippen molar-refractivity contribution in [3.8, 4) is 10.6 Å². The van der Waals surface area contributed by atoms with Crippen molar-refractivity contribution in [2.45, 2.75) is 26.3 Å². The highest BCUT2D eigenvalue weighted by atomic mass is 35.5. The van der Waals surface area contributed by atoms with Crippen LogP contribution in [0.3, 0.4) is 0 Å². The summed E-state index contributed by atoms with van der Waals surface area (Å²) in [5.41, 5.74) is 1.44. The molecule has 0 aliphatic heterocycles. The molecule has 0 aliphatic rings. The molecule has 1 heterocycles. The number of benzene rings is 1. The summed E-state index contributed by atoms with van der Waals surface area (Å²) in [5, 5.41) is 12.1. The third-order valence-electron chi connectivity index (χ3n) is 3.24. The Labute approximate surface area is 143 Å². The maximum absolute atomic E-state index is 12.3. The number of carboxylic acid groups (broad SMARTS) is 1. The molecule has 2 aromatic rings. The van der Waals surface area contributed by atoms with Crippen molar-refractivity contribution in [2.24, 2.45) is 0 Å². The van der Waals surface area contributed by atoms with Gasteiger partial charge < -0.3 is 10.0 Å². The molecule has 1 N–H and O–H groups in total. The van der Waals surface area contributed by atoms with Gasteiger partial charge in [-0.1, -0.05) is 29.8 Å². The number of carbonyl (C=O) groups is 2. The van der Waals surface area contributed by atoms with Crippen LogP contribution in [-0.4, -0.2) is 39.5 Å². The van der Waals surface area contributed by atoms with Crippen molar-refractivity contribution < 1.29 is 14.7 Å². The largest absolute Gasteiger partial charge is 0.480 e. The molecular weight excluding hydrogens is 336 g/mol. The van der Waals surface area contributed by atoms with Crippen LogP contribution in [0.2, 0.25) is 5.02 Å². The zero-order valence-electron chi connectivity index (χ0n) is 12.8. The highest BCUT2D eigenvalue weighted by molar-refractivity contribution is 7.13. The monoisotopic (exact) mass is 352 g/mol. The summed E-state index contributed by atoms with van der Waals surface area (Å²) in [4.78, 5) is 29.0. The van der Waals surface area contributed by atoms with Crippen molar-refractivity contribution in [1.82, 2.24) is 9.88 Å². The quantitative estimate of drug-likeness (QED) is 0.865. The van der Waals surface area contributed by atoms with Gasteiger partial charge in [0, 0.05) is 17.0 Å². The zero-order valence-corrected chi connectivity index (χ0v) is 14.4. The van der Waals surface area contributed by atoms with Gasteiger partial charge in [-0.15, -0.1) is 11.3 Å². The summed E-state index contributed by atoms with van der Waals surface area (Å²) in [6, 6.07) is 7.20. The number of carbonyl (C=O) groups excluding carboxylic acids is 1. The first-order valence-corrected chi connectivity index (χ1v) is 8.34. The van der Waals surface area contributed by atoms with Crippen LogP contribution in [0.5, 0.6) is 0 Å². The molecular formula is C16H17ClN2O3S. The molecule has 0 unspecified atom stereocenters. The van der Waals surface area contributed by atoms with Crippen LogP contribution in [-0.2, 0) is 16.0 Å². The molecule has 0 radical (unpaired) electrons. The van der Waals surface area contributed by atoms with Gasteiger partial charge in [0.25, 0.3) is 0 Å². The molecule has 0 saturated heterocycles. The Morgan fingerprint density at radius 3 is 2.65 bits per heavy atom. The minimum Gasteiger partial charge on any atom is -0.480 e. The van der Waals surface area contributed by atoms with E-state index in [1.807, 2.05) is 18.2 Å². The highest BCUT2D eigenvalue weighted by Crippen LogP contribution is 2.30. The Morgan fingerprint density at radius 2 is 2.04 bits per heavy atom. The number of aliphatic carboxylic acids is 1. The second-order valence-electron chi connectivity index (χ2n) is 5.31. The molecule has 0 atom stereocenters. The summed E-state index contributed by atoms with van der Waals surface area (Å²) in [5.74, 6) is -1.28. The van der Waals surface area contributed by atoms with Crippen molar-refractivity contribution >= 4 is 34.8 Å². The van der Waals surface area contributed by atoms with Gasteiger partial charge in [0.2, 0.25) is 5.91 Å². The standard InChI is InChI=1S/C16H17ClN2O3S/c1-10(2)19(8-15(21)22)14(20)7-11-9-23-16(18-11)12-5-3-4-6-13(12)17/h3-6,9-10H,7-8H2,1-2H3,(H,21,22). The van der Waals surface area contributed by atoms with Gasteiger partial charge >= 0.3 is 5.97 Å². The molecule has 2 rings (SSSR count). The lowest BCUT2D eigenvalue weighted by atomic mass is 10.2. The lowest BCUT2D eigenvalue weighted by molar-refractivity contribution is -0.145. The molecule has 1 aromatic carbocycles. The van der Waals surface area contributed by atoms with Crippen molar-refractivity contribution in [2.75, 3.05) is 6.54 Å². The Bertz CT molecular complexity index is 715. The number of hydrogen-bond donors (Lipinski definition) is 1. The molecule has 0 spiro atoms. The number of rotatable bonds is 6. The first-order chi connectivity index (χ1) is 10.9. The van der Waals surface area contributed by atoms with E-state index in [0.717, 1.165) is 10.6 Å². The molecule has 122 valence electrons. The predicted octanol–water partition coefficient (Wildman–Crippen LogP) is 3.33. The average molecular weight is 353 g/mol. The second-order valence-corrected chi connectivity index (χ2v) is 6.58. The van der Waals surface area contributed by atoms with Crippen LogP contribution in [0.1, 0.15) is 19.5 Å². The fourth-order valence-corrected chi connectivity index (χ4v) is 3.25. The summed E-state index contributed by atoms with van der Waals surface area (Å²) in [6.07, 6.45) is 0.0758. The first-order valence-electron chi connectivity index (χ1n) is 7.09. The summed E-state index contributed by atoms with van der Waals surface area (Å²) >= 11 is 7.56. The zero-order chi connectivity index (χ0) is 17.0. The molecule has 5 nitrogen and oxygen atoms in total. The number of amides is 1. The topological polar surface area (TPSA) is 70.5 Å². The maximum atomic E-state index is 12.3. The average Bonchev–Trinajstić information content (AvgIpc) is 2.93. The van der Waals surface area contributed by atoms with Crippen LogP contribution in [0.4, 0.5) is 0 Å². The van der Waals surface area contributed by atoms with Crippen LogP contribution < -0.4 is 0 Å².